The summed E-state index contributed by atoms with van der Waals surface area (Å²) in [7, 11) is 5.68. The van der Waals surface area contributed by atoms with Crippen molar-refractivity contribution in [2.75, 3.05) is 40.8 Å². The van der Waals surface area contributed by atoms with E-state index in [1.54, 1.807) is 4.90 Å². The van der Waals surface area contributed by atoms with Gasteiger partial charge in [0.05, 0.1) is 0 Å². The maximum Gasteiger partial charge on any atom is 0.223 e. The van der Waals surface area contributed by atoms with E-state index < -0.39 is 0 Å². The van der Waals surface area contributed by atoms with Gasteiger partial charge in [-0.2, -0.15) is 0 Å². The first kappa shape index (κ1) is 14.5. The smallest absolute Gasteiger partial charge is 0.223 e. The second-order valence-corrected chi connectivity index (χ2v) is 5.29. The van der Waals surface area contributed by atoms with Gasteiger partial charge in [-0.15, -0.1) is 0 Å². The van der Waals surface area contributed by atoms with E-state index in [2.05, 4.69) is 17.1 Å². The molecule has 1 aliphatic rings. The van der Waals surface area contributed by atoms with Gasteiger partial charge in [0.15, 0.2) is 0 Å². The normalized spacial score (nSPS) is 20.2. The highest BCUT2D eigenvalue weighted by atomic mass is 16.2. The molecule has 0 aromatic carbocycles. The number of likely N-dealkylation sites (tertiary alicyclic amines) is 1. The number of hydrogen-bond acceptors (Lipinski definition) is 3. The summed E-state index contributed by atoms with van der Waals surface area (Å²) in [6.45, 7) is 5.45. The fraction of sp³-hybridized carbons (Fsp3) is 0.923. The van der Waals surface area contributed by atoms with Gasteiger partial charge in [-0.05, 0) is 45.8 Å². The van der Waals surface area contributed by atoms with Crippen molar-refractivity contribution < 1.29 is 4.79 Å². The molecule has 4 heteroatoms. The number of nitrogens with zero attached hydrogens (tertiary/aromatic N) is 2. The second kappa shape index (κ2) is 6.97. The molecule has 0 aromatic rings. The van der Waals surface area contributed by atoms with Gasteiger partial charge in [0, 0.05) is 33.1 Å². The zero-order valence-corrected chi connectivity index (χ0v) is 11.7. The first-order valence-corrected chi connectivity index (χ1v) is 6.64. The van der Waals surface area contributed by atoms with Crippen LogP contribution in [0.3, 0.4) is 0 Å². The Balaban J connectivity index is 2.21. The van der Waals surface area contributed by atoms with Crippen molar-refractivity contribution in [3.8, 4) is 0 Å². The molecule has 1 amide bonds. The molecular weight excluding hydrogens is 214 g/mol. The summed E-state index contributed by atoms with van der Waals surface area (Å²) in [6.07, 6.45) is 3.15. The minimum Gasteiger partial charge on any atom is -0.349 e. The number of nitrogens with one attached hydrogen (secondary N) is 1. The Morgan fingerprint density at radius 1 is 1.41 bits per heavy atom. The van der Waals surface area contributed by atoms with E-state index in [1.807, 2.05) is 21.1 Å². The lowest BCUT2D eigenvalue weighted by Crippen LogP contribution is -2.41. The minimum absolute atomic E-state index is 0.232. The minimum atomic E-state index is 0.232. The van der Waals surface area contributed by atoms with Crippen LogP contribution >= 0.6 is 0 Å². The summed E-state index contributed by atoms with van der Waals surface area (Å²) in [5.74, 6) is 1.02. The SMILES string of the molecule is CNC(C)C1CCN(CCC(=O)N(C)C)CC1. The third-order valence-electron chi connectivity index (χ3n) is 3.94. The summed E-state index contributed by atoms with van der Waals surface area (Å²) in [5, 5.41) is 3.34. The van der Waals surface area contributed by atoms with Crippen LogP contribution in [0.4, 0.5) is 0 Å². The van der Waals surface area contributed by atoms with Gasteiger partial charge >= 0.3 is 0 Å². The Labute approximate surface area is 105 Å². The Hall–Kier alpha value is -0.610. The number of piperidine rings is 1. The molecule has 0 bridgehead atoms. The third kappa shape index (κ3) is 4.64. The van der Waals surface area contributed by atoms with Crippen molar-refractivity contribution in [1.82, 2.24) is 15.1 Å². The number of rotatable bonds is 5. The first-order valence-electron chi connectivity index (χ1n) is 6.64. The van der Waals surface area contributed by atoms with Crippen LogP contribution in [0, 0.1) is 5.92 Å². The fourth-order valence-electron chi connectivity index (χ4n) is 2.39. The van der Waals surface area contributed by atoms with Crippen molar-refractivity contribution >= 4 is 5.91 Å². The molecule has 1 heterocycles. The van der Waals surface area contributed by atoms with E-state index in [0.29, 0.717) is 12.5 Å². The summed E-state index contributed by atoms with van der Waals surface area (Å²) in [6, 6.07) is 0.612. The highest BCUT2D eigenvalue weighted by molar-refractivity contribution is 5.75. The number of carbonyl (C=O) groups excluding carboxylic acids is 1. The number of amides is 1. The quantitative estimate of drug-likeness (QED) is 0.773. The van der Waals surface area contributed by atoms with E-state index in [0.717, 1.165) is 25.6 Å². The predicted molar refractivity (Wildman–Crippen MR) is 71.0 cm³/mol. The van der Waals surface area contributed by atoms with Crippen molar-refractivity contribution in [3.05, 3.63) is 0 Å². The Bertz CT molecular complexity index is 235. The zero-order valence-electron chi connectivity index (χ0n) is 11.7. The lowest BCUT2D eigenvalue weighted by Gasteiger charge is -2.34. The lowest BCUT2D eigenvalue weighted by molar-refractivity contribution is -0.129. The van der Waals surface area contributed by atoms with Crippen LogP contribution in [0.5, 0.6) is 0 Å². The molecule has 1 aliphatic heterocycles. The van der Waals surface area contributed by atoms with Gasteiger partial charge in [0.25, 0.3) is 0 Å². The van der Waals surface area contributed by atoms with Gasteiger partial charge in [0.2, 0.25) is 5.91 Å². The molecule has 1 fully saturated rings. The second-order valence-electron chi connectivity index (χ2n) is 5.29. The number of hydrogen-bond donors (Lipinski definition) is 1. The van der Waals surface area contributed by atoms with Crippen LogP contribution in [-0.4, -0.2) is 62.5 Å². The molecule has 0 aromatic heterocycles. The molecule has 1 N–H and O–H groups in total. The van der Waals surface area contributed by atoms with Crippen LogP contribution in [0.2, 0.25) is 0 Å². The molecule has 100 valence electrons. The number of carbonyl (C=O) groups is 1. The van der Waals surface area contributed by atoms with Crippen LogP contribution in [0.1, 0.15) is 26.2 Å². The van der Waals surface area contributed by atoms with E-state index in [-0.39, 0.29) is 5.91 Å². The highest BCUT2D eigenvalue weighted by Crippen LogP contribution is 2.20. The molecule has 1 atom stereocenters. The Morgan fingerprint density at radius 2 is 2.00 bits per heavy atom. The zero-order chi connectivity index (χ0) is 12.8. The lowest BCUT2D eigenvalue weighted by atomic mass is 9.90. The molecule has 1 unspecified atom stereocenters. The maximum absolute atomic E-state index is 11.5. The van der Waals surface area contributed by atoms with Gasteiger partial charge in [-0.1, -0.05) is 0 Å². The first-order chi connectivity index (χ1) is 8.04. The summed E-state index contributed by atoms with van der Waals surface area (Å²) in [5.41, 5.74) is 0. The largest absolute Gasteiger partial charge is 0.349 e. The Morgan fingerprint density at radius 3 is 2.47 bits per heavy atom. The summed E-state index contributed by atoms with van der Waals surface area (Å²) < 4.78 is 0. The van der Waals surface area contributed by atoms with Crippen LogP contribution < -0.4 is 5.32 Å². The molecule has 0 spiro atoms. The molecule has 4 nitrogen and oxygen atoms in total. The van der Waals surface area contributed by atoms with Crippen molar-refractivity contribution in [2.24, 2.45) is 5.92 Å². The highest BCUT2D eigenvalue weighted by Gasteiger charge is 2.23. The van der Waals surface area contributed by atoms with Gasteiger partial charge in [-0.3, -0.25) is 4.79 Å². The van der Waals surface area contributed by atoms with Crippen LogP contribution in [0.25, 0.3) is 0 Å². The van der Waals surface area contributed by atoms with E-state index in [1.165, 1.54) is 12.8 Å². The average Bonchev–Trinajstić information content (AvgIpc) is 2.35. The monoisotopic (exact) mass is 241 g/mol. The van der Waals surface area contributed by atoms with E-state index in [9.17, 15) is 4.79 Å². The van der Waals surface area contributed by atoms with Gasteiger partial charge < -0.3 is 15.1 Å². The topological polar surface area (TPSA) is 35.6 Å². The molecule has 0 saturated carbocycles. The van der Waals surface area contributed by atoms with Crippen molar-refractivity contribution in [2.45, 2.75) is 32.2 Å². The van der Waals surface area contributed by atoms with E-state index >= 15 is 0 Å². The molecule has 1 rings (SSSR count). The fourth-order valence-corrected chi connectivity index (χ4v) is 2.39. The maximum atomic E-state index is 11.5. The molecular formula is C13H27N3O. The standard InChI is InChI=1S/C13H27N3O/c1-11(14-2)12-5-8-16(9-6-12)10-7-13(17)15(3)4/h11-12,14H,5-10H2,1-4H3. The molecule has 1 saturated heterocycles. The van der Waals surface area contributed by atoms with Gasteiger partial charge in [0.1, 0.15) is 0 Å². The summed E-state index contributed by atoms with van der Waals surface area (Å²) >= 11 is 0. The predicted octanol–water partition coefficient (Wildman–Crippen LogP) is 0.785. The summed E-state index contributed by atoms with van der Waals surface area (Å²) in [4.78, 5) is 15.6. The third-order valence-corrected chi connectivity index (χ3v) is 3.94. The van der Waals surface area contributed by atoms with Crippen molar-refractivity contribution in [3.63, 3.8) is 0 Å². The van der Waals surface area contributed by atoms with Gasteiger partial charge in [-0.25, -0.2) is 0 Å². The Kier molecular flexibility index (Phi) is 5.92. The van der Waals surface area contributed by atoms with Crippen LogP contribution in [-0.2, 0) is 4.79 Å². The molecule has 0 radical (unpaired) electrons. The molecule has 17 heavy (non-hydrogen) atoms. The molecule has 0 aliphatic carbocycles. The van der Waals surface area contributed by atoms with E-state index in [4.69, 9.17) is 0 Å². The van der Waals surface area contributed by atoms with Crippen LogP contribution in [0.15, 0.2) is 0 Å². The average molecular weight is 241 g/mol. The van der Waals surface area contributed by atoms with Crippen molar-refractivity contribution in [1.29, 1.82) is 0 Å².